The smallest absolute Gasteiger partial charge is 0.262 e. The number of aryl methyl sites for hydroxylation is 2. The van der Waals surface area contributed by atoms with Crippen LogP contribution in [0.2, 0.25) is 5.02 Å². The van der Waals surface area contributed by atoms with Crippen molar-refractivity contribution >= 4 is 27.3 Å². The van der Waals surface area contributed by atoms with E-state index < -0.39 is 10.0 Å². The molecule has 100 valence electrons. The number of rotatable bonds is 3. The van der Waals surface area contributed by atoms with E-state index in [0.29, 0.717) is 16.3 Å². The summed E-state index contributed by atoms with van der Waals surface area (Å²) in [6.07, 6.45) is 0. The van der Waals surface area contributed by atoms with Crippen LogP contribution < -0.4 is 4.72 Å². The summed E-state index contributed by atoms with van der Waals surface area (Å²) in [5.74, 6) is 0. The highest BCUT2D eigenvalue weighted by Crippen LogP contribution is 2.25. The second-order valence-electron chi connectivity index (χ2n) is 4.35. The number of para-hydroxylation sites is 1. The Morgan fingerprint density at radius 2 is 1.74 bits per heavy atom. The lowest BCUT2D eigenvalue weighted by atomic mass is 10.2. The predicted molar refractivity (Wildman–Crippen MR) is 78.2 cm³/mol. The number of sulfonamides is 1. The fraction of sp³-hybridized carbons (Fsp3) is 0.143. The van der Waals surface area contributed by atoms with E-state index in [-0.39, 0.29) is 4.90 Å². The van der Waals surface area contributed by atoms with Crippen molar-refractivity contribution in [3.63, 3.8) is 0 Å². The van der Waals surface area contributed by atoms with Crippen molar-refractivity contribution in [1.82, 2.24) is 0 Å². The Morgan fingerprint density at radius 1 is 1.05 bits per heavy atom. The van der Waals surface area contributed by atoms with Gasteiger partial charge in [0, 0.05) is 0 Å². The van der Waals surface area contributed by atoms with Crippen LogP contribution in [0.3, 0.4) is 0 Å². The zero-order valence-electron chi connectivity index (χ0n) is 10.6. The van der Waals surface area contributed by atoms with Crippen LogP contribution in [0.5, 0.6) is 0 Å². The van der Waals surface area contributed by atoms with Gasteiger partial charge in [-0.15, -0.1) is 0 Å². The Labute approximate surface area is 118 Å². The monoisotopic (exact) mass is 295 g/mol. The van der Waals surface area contributed by atoms with E-state index in [0.717, 1.165) is 5.56 Å². The minimum atomic E-state index is -3.62. The quantitative estimate of drug-likeness (QED) is 0.937. The Balaban J connectivity index is 2.44. The fourth-order valence-corrected chi connectivity index (χ4v) is 3.39. The van der Waals surface area contributed by atoms with E-state index in [4.69, 9.17) is 11.6 Å². The van der Waals surface area contributed by atoms with Crippen molar-refractivity contribution in [2.45, 2.75) is 18.7 Å². The molecule has 5 heteroatoms. The number of anilines is 1. The topological polar surface area (TPSA) is 46.2 Å². The number of hydrogen-bond acceptors (Lipinski definition) is 2. The zero-order chi connectivity index (χ0) is 14.0. The van der Waals surface area contributed by atoms with Gasteiger partial charge in [0.1, 0.15) is 0 Å². The van der Waals surface area contributed by atoms with Crippen LogP contribution in [0.4, 0.5) is 5.69 Å². The molecule has 0 amide bonds. The molecule has 0 aliphatic rings. The van der Waals surface area contributed by atoms with Crippen LogP contribution in [-0.2, 0) is 10.0 Å². The highest BCUT2D eigenvalue weighted by molar-refractivity contribution is 7.92. The van der Waals surface area contributed by atoms with Gasteiger partial charge in [-0.3, -0.25) is 4.72 Å². The zero-order valence-corrected chi connectivity index (χ0v) is 12.2. The Bertz CT molecular complexity index is 711. The minimum Gasteiger partial charge on any atom is -0.278 e. The molecule has 0 heterocycles. The Hall–Kier alpha value is -1.52. The average Bonchev–Trinajstić information content (AvgIpc) is 2.35. The molecule has 0 saturated carbocycles. The number of nitrogens with one attached hydrogen (secondary N) is 1. The molecule has 0 aromatic heterocycles. The molecule has 0 aliphatic heterocycles. The van der Waals surface area contributed by atoms with Crippen molar-refractivity contribution in [2.24, 2.45) is 0 Å². The van der Waals surface area contributed by atoms with Gasteiger partial charge in [-0.1, -0.05) is 35.9 Å². The van der Waals surface area contributed by atoms with E-state index in [1.165, 1.54) is 0 Å². The van der Waals surface area contributed by atoms with Crippen LogP contribution in [0.15, 0.2) is 47.4 Å². The molecule has 0 fully saturated rings. The molecule has 2 rings (SSSR count). The van der Waals surface area contributed by atoms with Crippen LogP contribution in [0, 0.1) is 13.8 Å². The Morgan fingerprint density at radius 3 is 2.42 bits per heavy atom. The van der Waals surface area contributed by atoms with Crippen LogP contribution in [0.25, 0.3) is 0 Å². The van der Waals surface area contributed by atoms with Gasteiger partial charge in [-0.25, -0.2) is 8.42 Å². The maximum Gasteiger partial charge on any atom is 0.262 e. The first-order valence-corrected chi connectivity index (χ1v) is 7.61. The molecule has 1 N–H and O–H groups in total. The normalized spacial score (nSPS) is 11.3. The molecule has 0 spiro atoms. The molecule has 2 aromatic carbocycles. The minimum absolute atomic E-state index is 0.271. The second kappa shape index (κ2) is 5.23. The lowest BCUT2D eigenvalue weighted by Crippen LogP contribution is -2.14. The summed E-state index contributed by atoms with van der Waals surface area (Å²) >= 11 is 5.96. The maximum atomic E-state index is 12.4. The molecule has 19 heavy (non-hydrogen) atoms. The maximum absolute atomic E-state index is 12.4. The third kappa shape index (κ3) is 3.08. The first-order chi connectivity index (χ1) is 8.90. The summed E-state index contributed by atoms with van der Waals surface area (Å²) in [6.45, 7) is 3.62. The van der Waals surface area contributed by atoms with Gasteiger partial charge in [0.25, 0.3) is 10.0 Å². The summed E-state index contributed by atoms with van der Waals surface area (Å²) in [6, 6.07) is 12.1. The van der Waals surface area contributed by atoms with Crippen molar-refractivity contribution in [1.29, 1.82) is 0 Å². The van der Waals surface area contributed by atoms with E-state index in [2.05, 4.69) is 4.72 Å². The largest absolute Gasteiger partial charge is 0.278 e. The summed E-state index contributed by atoms with van der Waals surface area (Å²) in [7, 11) is -3.62. The predicted octanol–water partition coefficient (Wildman–Crippen LogP) is 3.76. The lowest BCUT2D eigenvalue weighted by molar-refractivity contribution is 0.600. The first kappa shape index (κ1) is 13.9. The third-order valence-corrected chi connectivity index (χ3v) is 4.59. The molecule has 0 unspecified atom stereocenters. The first-order valence-electron chi connectivity index (χ1n) is 5.75. The highest BCUT2D eigenvalue weighted by atomic mass is 35.5. The number of hydrogen-bond donors (Lipinski definition) is 1. The van der Waals surface area contributed by atoms with Crippen LogP contribution in [-0.4, -0.2) is 8.42 Å². The van der Waals surface area contributed by atoms with Crippen LogP contribution >= 0.6 is 11.6 Å². The third-order valence-electron chi connectivity index (χ3n) is 2.75. The molecule has 0 bridgehead atoms. The fourth-order valence-electron chi connectivity index (χ4n) is 1.74. The molecule has 0 radical (unpaired) electrons. The summed E-state index contributed by atoms with van der Waals surface area (Å²) in [5, 5.41) is 0.372. The highest BCUT2D eigenvalue weighted by Gasteiger charge is 2.18. The molecule has 2 aromatic rings. The van der Waals surface area contributed by atoms with Crippen molar-refractivity contribution in [2.75, 3.05) is 4.72 Å². The van der Waals surface area contributed by atoms with E-state index >= 15 is 0 Å². The summed E-state index contributed by atoms with van der Waals surface area (Å²) in [5.41, 5.74) is 1.97. The Kier molecular flexibility index (Phi) is 3.83. The van der Waals surface area contributed by atoms with E-state index in [1.54, 1.807) is 43.3 Å². The van der Waals surface area contributed by atoms with E-state index in [9.17, 15) is 8.42 Å². The summed E-state index contributed by atoms with van der Waals surface area (Å²) < 4.78 is 27.2. The van der Waals surface area contributed by atoms with E-state index in [1.807, 2.05) is 13.0 Å². The molecular weight excluding hydrogens is 282 g/mol. The molecular formula is C14H14ClNO2S. The standard InChI is InChI=1S/C14H14ClNO2S/c1-10-7-8-11(2)14(9-10)19(17,18)16-13-6-4-3-5-12(13)15/h3-9,16H,1-2H3. The van der Waals surface area contributed by atoms with Crippen molar-refractivity contribution in [3.8, 4) is 0 Å². The van der Waals surface area contributed by atoms with Gasteiger partial charge in [0.2, 0.25) is 0 Å². The van der Waals surface area contributed by atoms with Gasteiger partial charge < -0.3 is 0 Å². The van der Waals surface area contributed by atoms with Gasteiger partial charge in [-0.2, -0.15) is 0 Å². The molecule has 0 atom stereocenters. The van der Waals surface area contributed by atoms with Gasteiger partial charge in [-0.05, 0) is 43.2 Å². The molecule has 0 saturated heterocycles. The number of halogens is 1. The van der Waals surface area contributed by atoms with Gasteiger partial charge in [0.15, 0.2) is 0 Å². The SMILES string of the molecule is Cc1ccc(C)c(S(=O)(=O)Nc2ccccc2Cl)c1. The van der Waals surface area contributed by atoms with Gasteiger partial charge in [0.05, 0.1) is 15.6 Å². The van der Waals surface area contributed by atoms with Crippen LogP contribution in [0.1, 0.15) is 11.1 Å². The van der Waals surface area contributed by atoms with Crippen molar-refractivity contribution < 1.29 is 8.42 Å². The number of benzene rings is 2. The van der Waals surface area contributed by atoms with Crippen molar-refractivity contribution in [3.05, 3.63) is 58.6 Å². The molecule has 0 aliphatic carbocycles. The lowest BCUT2D eigenvalue weighted by Gasteiger charge is -2.12. The molecule has 3 nitrogen and oxygen atoms in total. The van der Waals surface area contributed by atoms with Gasteiger partial charge >= 0.3 is 0 Å². The second-order valence-corrected chi connectivity index (χ2v) is 6.41. The summed E-state index contributed by atoms with van der Waals surface area (Å²) in [4.78, 5) is 0.271. The average molecular weight is 296 g/mol.